The van der Waals surface area contributed by atoms with E-state index in [1.54, 1.807) is 24.5 Å². The number of aromatic hydroxyl groups is 2. The highest BCUT2D eigenvalue weighted by atomic mass is 32.2. The Kier molecular flexibility index (Phi) is 9.02. The van der Waals surface area contributed by atoms with Crippen molar-refractivity contribution in [3.05, 3.63) is 70.6 Å². The maximum absolute atomic E-state index is 13.4. The second-order valence-corrected chi connectivity index (χ2v) is 12.5. The van der Waals surface area contributed by atoms with Gasteiger partial charge in [-0.05, 0) is 17.7 Å². The van der Waals surface area contributed by atoms with E-state index in [9.17, 15) is 39.6 Å². The van der Waals surface area contributed by atoms with Gasteiger partial charge in [-0.25, -0.2) is 15.6 Å². The number of thiazole rings is 1. The van der Waals surface area contributed by atoms with Crippen LogP contribution < -0.4 is 26.7 Å². The number of pyridine rings is 1. The summed E-state index contributed by atoms with van der Waals surface area (Å²) < 4.78 is 1.36. The molecule has 0 saturated carbocycles. The first-order chi connectivity index (χ1) is 21.4. The number of carboxylic acids is 2. The van der Waals surface area contributed by atoms with E-state index >= 15 is 0 Å². The van der Waals surface area contributed by atoms with Gasteiger partial charge in [0.2, 0.25) is 6.10 Å². The Labute approximate surface area is 266 Å². The summed E-state index contributed by atoms with van der Waals surface area (Å²) in [6.07, 6.45) is 1.46. The van der Waals surface area contributed by atoms with Crippen molar-refractivity contribution in [1.29, 1.82) is 0 Å². The summed E-state index contributed by atoms with van der Waals surface area (Å²) in [5, 5.41) is 48.0. The van der Waals surface area contributed by atoms with E-state index in [0.717, 1.165) is 33.3 Å². The number of thioether (sulfide) groups is 2. The quantitative estimate of drug-likeness (QED) is 0.0268. The van der Waals surface area contributed by atoms with Crippen LogP contribution in [0.4, 0.5) is 5.13 Å². The molecule has 0 unspecified atom stereocenters. The first kappa shape index (κ1) is 31.4. The zero-order chi connectivity index (χ0) is 32.4. The molecule has 2 aromatic heterocycles. The number of phenolic OH excluding ortho intramolecular Hbond substituents is 2. The van der Waals surface area contributed by atoms with Gasteiger partial charge in [-0.15, -0.1) is 34.9 Å². The summed E-state index contributed by atoms with van der Waals surface area (Å²) in [5.74, 6) is 0.302. The number of fused-ring (bicyclic) bond motifs is 1. The highest BCUT2D eigenvalue weighted by Gasteiger charge is 2.53. The number of rotatable bonds is 11. The Morgan fingerprint density at radius 2 is 1.98 bits per heavy atom. The molecule has 19 heteroatoms. The van der Waals surface area contributed by atoms with E-state index in [4.69, 9.17) is 16.4 Å². The maximum Gasteiger partial charge on any atom is 0.352 e. The number of anilines is 1. The van der Waals surface area contributed by atoms with Crippen molar-refractivity contribution >= 4 is 69.5 Å². The largest absolute Gasteiger partial charge is 0.543 e. The molecular formula is C26H23N7O9S3. The summed E-state index contributed by atoms with van der Waals surface area (Å²) >= 11 is 3.56. The van der Waals surface area contributed by atoms with Gasteiger partial charge in [-0.3, -0.25) is 14.5 Å². The number of nitrogens with one attached hydrogen (secondary N) is 1. The van der Waals surface area contributed by atoms with E-state index in [-0.39, 0.29) is 33.6 Å². The number of benzene rings is 1. The average molecular weight is 674 g/mol. The van der Waals surface area contributed by atoms with Crippen molar-refractivity contribution in [2.45, 2.75) is 22.4 Å². The third kappa shape index (κ3) is 6.59. The number of nitrogens with two attached hydrogens (primary N) is 2. The third-order valence-electron chi connectivity index (χ3n) is 6.52. The number of carbonyl (C=O) groups excluding carboxylic acids is 3. The number of β-lactam (4-membered cyclic amide) rings is 1. The van der Waals surface area contributed by atoms with Crippen LogP contribution >= 0.6 is 34.9 Å². The van der Waals surface area contributed by atoms with Gasteiger partial charge in [-0.2, -0.15) is 0 Å². The Morgan fingerprint density at radius 1 is 1.24 bits per heavy atom. The fourth-order valence-electron chi connectivity index (χ4n) is 4.34. The Balaban J connectivity index is 1.34. The molecule has 1 saturated heterocycles. The molecule has 1 aromatic carbocycles. The first-order valence-corrected chi connectivity index (χ1v) is 15.6. The normalized spacial score (nSPS) is 18.5. The first-order valence-electron chi connectivity index (χ1n) is 12.7. The number of oxime groups is 1. The van der Waals surface area contributed by atoms with Gasteiger partial charge in [0.1, 0.15) is 17.1 Å². The van der Waals surface area contributed by atoms with E-state index in [0.29, 0.717) is 5.57 Å². The van der Waals surface area contributed by atoms with Crippen molar-refractivity contribution in [3.63, 3.8) is 0 Å². The number of nitrogens with zero attached hydrogens (tertiary/aromatic N) is 4. The number of phenols is 2. The number of carboxylic acid groups (broad SMARTS) is 2. The lowest BCUT2D eigenvalue weighted by Crippen LogP contribution is -2.71. The lowest BCUT2D eigenvalue weighted by molar-refractivity contribution is -0.639. The minimum Gasteiger partial charge on any atom is -0.543 e. The number of aromatic nitrogens is 2. The summed E-state index contributed by atoms with van der Waals surface area (Å²) in [5.41, 5.74) is 5.22. The van der Waals surface area contributed by atoms with Crippen LogP contribution in [0.2, 0.25) is 0 Å². The maximum atomic E-state index is 13.4. The van der Waals surface area contributed by atoms with Crippen molar-refractivity contribution in [3.8, 4) is 11.5 Å². The predicted octanol–water partition coefficient (Wildman–Crippen LogP) is -1.12. The van der Waals surface area contributed by atoms with Crippen LogP contribution in [-0.2, 0) is 24.0 Å². The molecule has 0 radical (unpaired) electrons. The lowest BCUT2D eigenvalue weighted by atomic mass is 10.0. The van der Waals surface area contributed by atoms with Gasteiger partial charge >= 0.3 is 5.97 Å². The summed E-state index contributed by atoms with van der Waals surface area (Å²) in [6.45, 7) is 0. The number of nitrogen functional groups attached to an aromatic ring is 2. The van der Waals surface area contributed by atoms with Gasteiger partial charge in [0, 0.05) is 39.5 Å². The second-order valence-electron chi connectivity index (χ2n) is 9.45. The van der Waals surface area contributed by atoms with Gasteiger partial charge in [0.25, 0.3) is 11.8 Å². The van der Waals surface area contributed by atoms with Crippen LogP contribution in [0.25, 0.3) is 0 Å². The molecule has 45 heavy (non-hydrogen) atoms. The Bertz CT molecular complexity index is 1750. The molecule has 2 amide bonds. The van der Waals surface area contributed by atoms with Crippen LogP contribution in [0.3, 0.4) is 0 Å². The molecule has 3 aromatic rings. The van der Waals surface area contributed by atoms with E-state index in [1.807, 2.05) is 0 Å². The van der Waals surface area contributed by atoms with Crippen molar-refractivity contribution in [1.82, 2.24) is 15.2 Å². The molecule has 3 atom stereocenters. The van der Waals surface area contributed by atoms with Crippen LogP contribution in [0.5, 0.6) is 11.5 Å². The Morgan fingerprint density at radius 3 is 2.60 bits per heavy atom. The summed E-state index contributed by atoms with van der Waals surface area (Å²) in [4.78, 5) is 61.7. The van der Waals surface area contributed by atoms with Crippen molar-refractivity contribution in [2.75, 3.05) is 23.1 Å². The highest BCUT2D eigenvalue weighted by Crippen LogP contribution is 2.41. The summed E-state index contributed by atoms with van der Waals surface area (Å²) in [6, 6.07) is 5.54. The van der Waals surface area contributed by atoms with Gasteiger partial charge in [0.15, 0.2) is 34.7 Å². The second kappa shape index (κ2) is 12.9. The monoisotopic (exact) mass is 673 g/mol. The summed E-state index contributed by atoms with van der Waals surface area (Å²) in [7, 11) is 0. The topological polar surface area (TPSA) is 258 Å². The third-order valence-corrected chi connectivity index (χ3v) is 9.63. The number of aliphatic carboxylic acids is 2. The average Bonchev–Trinajstić information content (AvgIpc) is 3.43. The van der Waals surface area contributed by atoms with Crippen molar-refractivity contribution < 1.29 is 49.1 Å². The zero-order valence-electron chi connectivity index (χ0n) is 22.7. The lowest BCUT2D eigenvalue weighted by Gasteiger charge is -2.50. The number of hydrogen-bond acceptors (Lipinski definition) is 15. The number of carbonyl (C=O) groups is 4. The fraction of sp³-hybridized carbons (Fsp3) is 0.192. The van der Waals surface area contributed by atoms with Gasteiger partial charge in [0.05, 0.1) is 11.7 Å². The fourth-order valence-corrected chi connectivity index (χ4v) is 7.26. The molecule has 5 rings (SSSR count). The van der Waals surface area contributed by atoms with Crippen LogP contribution in [-0.4, -0.2) is 77.6 Å². The van der Waals surface area contributed by atoms with E-state index in [1.165, 1.54) is 39.6 Å². The van der Waals surface area contributed by atoms with Crippen LogP contribution in [0, 0.1) is 0 Å². The molecule has 234 valence electrons. The molecule has 8 N–H and O–H groups in total. The minimum absolute atomic E-state index is 0.0596. The highest BCUT2D eigenvalue weighted by molar-refractivity contribution is 8.01. The van der Waals surface area contributed by atoms with Gasteiger partial charge < -0.3 is 41.1 Å². The molecule has 4 heterocycles. The number of hydrogen-bond donors (Lipinski definition) is 6. The predicted molar refractivity (Wildman–Crippen MR) is 159 cm³/mol. The standard InChI is InChI=1S/C26H23N7O9S3/c27-26-29-14(10-45-26)17(31-42-20(25(40)41)11-1-2-15(34)16(35)7-11)21(36)30-18-22(37)33-19(24(38)39)12(9-44-23(18)33)8-43-13-3-5-32(28)6-4-13/h1-7,10,18,20,23H,8-9,28H2,(H6-,27,29,30,31,34,35,36,38,39,40,41)/t18-,20-,23-/m1/s1. The van der Waals surface area contributed by atoms with E-state index in [2.05, 4.69) is 15.5 Å². The SMILES string of the molecule is Nc1nc(/C(=N/O[C@@H](C(=O)O)c2ccc(O)c(O)c2)C(=O)N[C@@H]2C(=O)N3C(C(=O)[O-])=C(CSc4cc[n+](N)cc4)CS[C@H]23)cs1. The molecule has 16 nitrogen and oxygen atoms in total. The molecule has 1 fully saturated rings. The molecule has 2 aliphatic heterocycles. The van der Waals surface area contributed by atoms with Crippen LogP contribution in [0.1, 0.15) is 17.4 Å². The van der Waals surface area contributed by atoms with Gasteiger partial charge in [-0.1, -0.05) is 15.9 Å². The Hall–Kier alpha value is -5.01. The molecule has 0 bridgehead atoms. The van der Waals surface area contributed by atoms with Crippen LogP contribution in [0.15, 0.2) is 69.4 Å². The zero-order valence-corrected chi connectivity index (χ0v) is 25.2. The van der Waals surface area contributed by atoms with E-state index < -0.39 is 58.5 Å². The smallest absolute Gasteiger partial charge is 0.352 e. The minimum atomic E-state index is -1.82. The molecular weight excluding hydrogens is 651 g/mol. The van der Waals surface area contributed by atoms with Crippen molar-refractivity contribution in [2.24, 2.45) is 5.16 Å². The molecule has 0 spiro atoms. The molecule has 0 aliphatic carbocycles. The molecule has 2 aliphatic rings. The number of amides is 2.